The lowest BCUT2D eigenvalue weighted by atomic mass is 9.91. The van der Waals surface area contributed by atoms with Crippen LogP contribution in [-0.4, -0.2) is 26.7 Å². The van der Waals surface area contributed by atoms with Gasteiger partial charge in [-0.05, 0) is 23.3 Å². The third kappa shape index (κ3) is 3.79. The summed E-state index contributed by atoms with van der Waals surface area (Å²) in [6, 6.07) is 15.9. The van der Waals surface area contributed by atoms with Crippen molar-refractivity contribution in [3.05, 3.63) is 59.7 Å². The van der Waals surface area contributed by atoms with Crippen LogP contribution in [0.15, 0.2) is 48.5 Å². The van der Waals surface area contributed by atoms with E-state index >= 15 is 0 Å². The summed E-state index contributed by atoms with van der Waals surface area (Å²) < 4.78 is 10.7. The number of carbonyl (C=O) groups excluding carboxylic acids is 1. The van der Waals surface area contributed by atoms with Crippen LogP contribution in [-0.2, 0) is 4.79 Å². The van der Waals surface area contributed by atoms with Gasteiger partial charge in [0.15, 0.2) is 11.5 Å². The van der Waals surface area contributed by atoms with Crippen molar-refractivity contribution in [2.24, 2.45) is 0 Å². The Labute approximate surface area is 131 Å². The maximum atomic E-state index is 11.3. The molecule has 0 aliphatic carbocycles. The lowest BCUT2D eigenvalue weighted by Gasteiger charge is -2.20. The second-order valence-corrected chi connectivity index (χ2v) is 5.01. The minimum absolute atomic E-state index is 0.0404. The molecule has 22 heavy (non-hydrogen) atoms. The Hall–Kier alpha value is -2.49. The zero-order valence-corrected chi connectivity index (χ0v) is 13.1. The van der Waals surface area contributed by atoms with Crippen LogP contribution in [0.2, 0.25) is 0 Å². The maximum Gasteiger partial charge on any atom is 0.216 e. The van der Waals surface area contributed by atoms with E-state index in [-0.39, 0.29) is 11.8 Å². The number of ether oxygens (including phenoxy) is 2. The summed E-state index contributed by atoms with van der Waals surface area (Å²) in [5.74, 6) is 1.40. The molecule has 0 bridgehead atoms. The molecule has 1 unspecified atom stereocenters. The van der Waals surface area contributed by atoms with Crippen molar-refractivity contribution in [2.45, 2.75) is 12.8 Å². The van der Waals surface area contributed by atoms with Gasteiger partial charge in [0.05, 0.1) is 14.2 Å². The van der Waals surface area contributed by atoms with Gasteiger partial charge in [0, 0.05) is 19.4 Å². The monoisotopic (exact) mass is 299 g/mol. The maximum absolute atomic E-state index is 11.3. The van der Waals surface area contributed by atoms with Crippen molar-refractivity contribution in [2.75, 3.05) is 20.8 Å². The van der Waals surface area contributed by atoms with Crippen molar-refractivity contribution in [1.29, 1.82) is 0 Å². The second kappa shape index (κ2) is 7.50. The van der Waals surface area contributed by atoms with Gasteiger partial charge in [-0.25, -0.2) is 0 Å². The first kappa shape index (κ1) is 15.9. The van der Waals surface area contributed by atoms with E-state index < -0.39 is 0 Å². The van der Waals surface area contributed by atoms with Gasteiger partial charge in [0.25, 0.3) is 0 Å². The van der Waals surface area contributed by atoms with Gasteiger partial charge in [0.1, 0.15) is 0 Å². The molecule has 0 saturated carbocycles. The number of rotatable bonds is 6. The van der Waals surface area contributed by atoms with Crippen molar-refractivity contribution >= 4 is 5.91 Å². The molecule has 0 saturated heterocycles. The molecule has 1 atom stereocenters. The van der Waals surface area contributed by atoms with Gasteiger partial charge in [-0.15, -0.1) is 0 Å². The first-order valence-electron chi connectivity index (χ1n) is 7.17. The van der Waals surface area contributed by atoms with Gasteiger partial charge >= 0.3 is 0 Å². The third-order valence-corrected chi connectivity index (χ3v) is 3.57. The van der Waals surface area contributed by atoms with Crippen LogP contribution in [0.3, 0.4) is 0 Å². The van der Waals surface area contributed by atoms with Gasteiger partial charge in [-0.2, -0.15) is 0 Å². The van der Waals surface area contributed by atoms with Gasteiger partial charge < -0.3 is 14.8 Å². The summed E-state index contributed by atoms with van der Waals surface area (Å²) in [5, 5.41) is 2.90. The number of benzene rings is 2. The lowest BCUT2D eigenvalue weighted by molar-refractivity contribution is -0.118. The Morgan fingerprint density at radius 2 is 1.68 bits per heavy atom. The fourth-order valence-corrected chi connectivity index (χ4v) is 2.43. The Balaban J connectivity index is 2.38. The highest BCUT2D eigenvalue weighted by atomic mass is 16.5. The molecule has 2 rings (SSSR count). The Morgan fingerprint density at radius 3 is 2.27 bits per heavy atom. The molecule has 0 aliphatic heterocycles. The molecule has 0 aliphatic rings. The van der Waals surface area contributed by atoms with Gasteiger partial charge in [-0.1, -0.05) is 36.4 Å². The van der Waals surface area contributed by atoms with Crippen molar-refractivity contribution < 1.29 is 14.3 Å². The first-order valence-corrected chi connectivity index (χ1v) is 7.17. The first-order chi connectivity index (χ1) is 10.7. The fraction of sp³-hybridized carbons (Fsp3) is 0.278. The van der Waals surface area contributed by atoms with Crippen molar-refractivity contribution in [3.63, 3.8) is 0 Å². The topological polar surface area (TPSA) is 47.6 Å². The summed E-state index contributed by atoms with van der Waals surface area (Å²) >= 11 is 0. The zero-order chi connectivity index (χ0) is 15.9. The van der Waals surface area contributed by atoms with Crippen LogP contribution >= 0.6 is 0 Å². The molecule has 2 aromatic carbocycles. The molecule has 1 amide bonds. The van der Waals surface area contributed by atoms with Gasteiger partial charge in [0.2, 0.25) is 5.91 Å². The predicted octanol–water partition coefficient (Wildman–Crippen LogP) is 2.97. The average molecular weight is 299 g/mol. The highest BCUT2D eigenvalue weighted by Crippen LogP contribution is 2.33. The molecular formula is C18H21NO3. The summed E-state index contributed by atoms with van der Waals surface area (Å²) in [6.07, 6.45) is 0. The number of hydrogen-bond acceptors (Lipinski definition) is 3. The lowest BCUT2D eigenvalue weighted by Crippen LogP contribution is -2.26. The minimum Gasteiger partial charge on any atom is -0.493 e. The van der Waals surface area contributed by atoms with Crippen LogP contribution < -0.4 is 14.8 Å². The zero-order valence-electron chi connectivity index (χ0n) is 13.1. The SMILES string of the molecule is COc1ccc(C(CNC(C)=O)c2ccccc2)cc1OC. The number of nitrogens with one attached hydrogen (secondary N) is 1. The molecule has 1 N–H and O–H groups in total. The average Bonchev–Trinajstić information content (AvgIpc) is 2.55. The highest BCUT2D eigenvalue weighted by molar-refractivity contribution is 5.73. The molecule has 0 spiro atoms. The molecule has 0 heterocycles. The van der Waals surface area contributed by atoms with E-state index in [1.165, 1.54) is 6.92 Å². The molecule has 0 radical (unpaired) electrons. The van der Waals surface area contributed by atoms with Crippen LogP contribution in [0.25, 0.3) is 0 Å². The number of hydrogen-bond donors (Lipinski definition) is 1. The van der Waals surface area contributed by atoms with Crippen LogP contribution in [0.4, 0.5) is 0 Å². The molecule has 4 nitrogen and oxygen atoms in total. The van der Waals surface area contributed by atoms with E-state index in [1.807, 2.05) is 36.4 Å². The molecule has 4 heteroatoms. The fourth-order valence-electron chi connectivity index (χ4n) is 2.43. The van der Waals surface area contributed by atoms with E-state index in [0.717, 1.165) is 11.1 Å². The summed E-state index contributed by atoms with van der Waals surface area (Å²) in [6.45, 7) is 2.06. The van der Waals surface area contributed by atoms with Crippen LogP contribution in [0.5, 0.6) is 11.5 Å². The summed E-state index contributed by atoms with van der Waals surface area (Å²) in [4.78, 5) is 11.3. The molecule has 0 aromatic heterocycles. The Morgan fingerprint density at radius 1 is 1.00 bits per heavy atom. The minimum atomic E-state index is -0.0404. The van der Waals surface area contributed by atoms with Crippen LogP contribution in [0, 0.1) is 0 Å². The molecule has 0 fully saturated rings. The van der Waals surface area contributed by atoms with E-state index in [9.17, 15) is 4.79 Å². The summed E-state index contributed by atoms with van der Waals surface area (Å²) in [7, 11) is 3.23. The molecule has 116 valence electrons. The highest BCUT2D eigenvalue weighted by Gasteiger charge is 2.16. The standard InChI is InChI=1S/C18H21NO3/c1-13(20)19-12-16(14-7-5-4-6-8-14)15-9-10-17(21-2)18(11-15)22-3/h4-11,16H,12H2,1-3H3,(H,19,20). The van der Waals surface area contributed by atoms with Crippen molar-refractivity contribution in [1.82, 2.24) is 5.32 Å². The molecule has 2 aromatic rings. The van der Waals surface area contributed by atoms with E-state index in [0.29, 0.717) is 18.0 Å². The van der Waals surface area contributed by atoms with Gasteiger partial charge in [-0.3, -0.25) is 4.79 Å². The molecular weight excluding hydrogens is 278 g/mol. The summed E-state index contributed by atoms with van der Waals surface area (Å²) in [5.41, 5.74) is 2.21. The smallest absolute Gasteiger partial charge is 0.216 e. The number of carbonyl (C=O) groups is 1. The Kier molecular flexibility index (Phi) is 5.42. The number of methoxy groups -OCH3 is 2. The predicted molar refractivity (Wildman–Crippen MR) is 86.5 cm³/mol. The normalized spacial score (nSPS) is 11.6. The third-order valence-electron chi connectivity index (χ3n) is 3.57. The quantitative estimate of drug-likeness (QED) is 0.892. The van der Waals surface area contributed by atoms with E-state index in [2.05, 4.69) is 17.4 Å². The van der Waals surface area contributed by atoms with E-state index in [1.54, 1.807) is 14.2 Å². The largest absolute Gasteiger partial charge is 0.493 e. The van der Waals surface area contributed by atoms with Crippen LogP contribution in [0.1, 0.15) is 24.0 Å². The number of amides is 1. The van der Waals surface area contributed by atoms with E-state index in [4.69, 9.17) is 9.47 Å². The van der Waals surface area contributed by atoms with Crippen molar-refractivity contribution in [3.8, 4) is 11.5 Å². The second-order valence-electron chi connectivity index (χ2n) is 5.01. The Bertz CT molecular complexity index is 625.